The van der Waals surface area contributed by atoms with Crippen LogP contribution in [0.3, 0.4) is 0 Å². The highest BCUT2D eigenvalue weighted by Crippen LogP contribution is 2.31. The lowest BCUT2D eigenvalue weighted by atomic mass is 9.86. The Morgan fingerprint density at radius 3 is 2.50 bits per heavy atom. The van der Waals surface area contributed by atoms with E-state index in [2.05, 4.69) is 24.0 Å². The minimum absolute atomic E-state index is 0.0330. The molecule has 0 bridgehead atoms. The highest BCUT2D eigenvalue weighted by molar-refractivity contribution is 5.94. The predicted octanol–water partition coefficient (Wildman–Crippen LogP) is 4.73. The number of carbonyl (C=O) groups excluding carboxylic acids is 2. The smallest absolute Gasteiger partial charge is 0.410 e. The van der Waals surface area contributed by atoms with Gasteiger partial charge in [0.25, 0.3) is 0 Å². The first-order valence-electron chi connectivity index (χ1n) is 14.9. The molecule has 2 aromatic rings. The molecule has 0 radical (unpaired) electrons. The number of rotatable bonds is 8. The van der Waals surface area contributed by atoms with Crippen LogP contribution in [0, 0.1) is 12.8 Å². The van der Waals surface area contributed by atoms with E-state index in [1.807, 2.05) is 44.3 Å². The maximum absolute atomic E-state index is 13.4. The Labute approximate surface area is 247 Å². The number of piperazine rings is 1. The zero-order valence-electron chi connectivity index (χ0n) is 24.8. The Hall–Kier alpha value is -3.79. The molecule has 3 amide bonds. The van der Waals surface area contributed by atoms with Gasteiger partial charge in [-0.1, -0.05) is 18.2 Å². The molecule has 226 valence electrons. The Balaban J connectivity index is 1.10. The molecule has 2 aromatic carbocycles. The fourth-order valence-electron chi connectivity index (χ4n) is 6.30. The summed E-state index contributed by atoms with van der Waals surface area (Å²) in [6.45, 7) is 8.27. The van der Waals surface area contributed by atoms with Crippen LogP contribution in [0.25, 0.3) is 0 Å². The van der Waals surface area contributed by atoms with Gasteiger partial charge in [-0.3, -0.25) is 9.69 Å². The number of cyclic esters (lactones) is 1. The average molecular weight is 579 g/mol. The van der Waals surface area contributed by atoms with Gasteiger partial charge in [0, 0.05) is 57.4 Å². The molecule has 0 aromatic heterocycles. The number of anilines is 1. The van der Waals surface area contributed by atoms with E-state index < -0.39 is 6.09 Å². The van der Waals surface area contributed by atoms with Crippen LogP contribution in [0.1, 0.15) is 49.3 Å². The lowest BCUT2D eigenvalue weighted by Crippen LogP contribution is -2.53. The normalized spacial score (nSPS) is 23.0. The van der Waals surface area contributed by atoms with E-state index in [-0.39, 0.29) is 30.1 Å². The second-order valence-corrected chi connectivity index (χ2v) is 11.8. The Morgan fingerprint density at radius 2 is 1.83 bits per heavy atom. The molecule has 5 rings (SSSR count). The number of ether oxygens (including phenoxy) is 2. The van der Waals surface area contributed by atoms with Crippen molar-refractivity contribution < 1.29 is 29.0 Å². The topological polar surface area (TPSA) is 103 Å². The summed E-state index contributed by atoms with van der Waals surface area (Å²) in [5, 5.41) is 9.33. The van der Waals surface area contributed by atoms with E-state index in [1.54, 1.807) is 9.80 Å². The van der Waals surface area contributed by atoms with Crippen molar-refractivity contribution in [3.63, 3.8) is 0 Å². The van der Waals surface area contributed by atoms with Crippen molar-refractivity contribution in [2.24, 2.45) is 5.92 Å². The number of carboxylic acid groups (broad SMARTS) is 1. The zero-order chi connectivity index (χ0) is 29.8. The fraction of sp³-hybridized carbons (Fsp3) is 0.531. The van der Waals surface area contributed by atoms with Gasteiger partial charge < -0.3 is 29.3 Å². The average Bonchev–Trinajstić information content (AvgIpc) is 3.37. The Bertz CT molecular complexity index is 1290. The summed E-state index contributed by atoms with van der Waals surface area (Å²) in [6.07, 6.45) is 2.13. The summed E-state index contributed by atoms with van der Waals surface area (Å²) in [5.74, 6) is 0.897. The molecule has 3 fully saturated rings. The number of nitrogens with zero attached hydrogens (tertiary/aromatic N) is 4. The van der Waals surface area contributed by atoms with Gasteiger partial charge in [0.05, 0.1) is 12.6 Å². The van der Waals surface area contributed by atoms with Crippen LogP contribution in [0.2, 0.25) is 0 Å². The van der Waals surface area contributed by atoms with Crippen molar-refractivity contribution in [1.29, 1.82) is 0 Å². The molecule has 0 spiro atoms. The van der Waals surface area contributed by atoms with Crippen LogP contribution in [-0.2, 0) is 22.6 Å². The maximum atomic E-state index is 13.4. The number of hydrogen-bond donors (Lipinski definition) is 1. The molecule has 2 saturated heterocycles. The first-order valence-corrected chi connectivity index (χ1v) is 14.9. The van der Waals surface area contributed by atoms with Crippen LogP contribution in [0.15, 0.2) is 42.5 Å². The molecular formula is C32H42N4O6. The van der Waals surface area contributed by atoms with Gasteiger partial charge in [0.2, 0.25) is 5.91 Å². The van der Waals surface area contributed by atoms with Crippen molar-refractivity contribution >= 4 is 23.8 Å². The molecule has 3 aliphatic rings. The molecule has 1 aliphatic carbocycles. The van der Waals surface area contributed by atoms with Crippen molar-refractivity contribution in [1.82, 2.24) is 14.7 Å². The van der Waals surface area contributed by atoms with Crippen LogP contribution in [0.4, 0.5) is 15.3 Å². The van der Waals surface area contributed by atoms with E-state index in [9.17, 15) is 19.5 Å². The van der Waals surface area contributed by atoms with Crippen molar-refractivity contribution in [2.75, 3.05) is 44.7 Å². The number of carbonyl (C=O) groups is 3. The third-order valence-corrected chi connectivity index (χ3v) is 8.84. The largest absolute Gasteiger partial charge is 0.490 e. The summed E-state index contributed by atoms with van der Waals surface area (Å²) < 4.78 is 11.3. The van der Waals surface area contributed by atoms with Crippen LogP contribution >= 0.6 is 0 Å². The van der Waals surface area contributed by atoms with E-state index in [0.29, 0.717) is 39.3 Å². The standard InChI is InChI=1S/C32H42N4O6/c1-22-17-27(10-7-26(22)21-34-13-14-36(31(38)39)23(2)19-34)33(3)30(37)25-8-11-28(12-9-25)42-29-6-4-5-24(18-29)20-35-15-16-41-32(35)40/h4-7,10,17-18,23,25,28H,8-9,11-16,19-21H2,1-3H3,(H,38,39)/t23-,25-,28-/m0/s1. The van der Waals surface area contributed by atoms with E-state index >= 15 is 0 Å². The minimum Gasteiger partial charge on any atom is -0.490 e. The molecule has 0 unspecified atom stereocenters. The molecular weight excluding hydrogens is 536 g/mol. The lowest BCUT2D eigenvalue weighted by molar-refractivity contribution is -0.123. The van der Waals surface area contributed by atoms with E-state index in [1.165, 1.54) is 10.5 Å². The summed E-state index contributed by atoms with van der Waals surface area (Å²) in [5.41, 5.74) is 4.22. The molecule has 1 saturated carbocycles. The van der Waals surface area contributed by atoms with Gasteiger partial charge in [-0.25, -0.2) is 9.59 Å². The number of aryl methyl sites for hydroxylation is 1. The predicted molar refractivity (Wildman–Crippen MR) is 159 cm³/mol. The number of hydrogen-bond acceptors (Lipinski definition) is 6. The monoisotopic (exact) mass is 578 g/mol. The second kappa shape index (κ2) is 13.0. The molecule has 2 aliphatic heterocycles. The number of benzene rings is 2. The minimum atomic E-state index is -0.856. The van der Waals surface area contributed by atoms with Gasteiger partial charge in [-0.15, -0.1) is 0 Å². The van der Waals surface area contributed by atoms with E-state index in [4.69, 9.17) is 9.47 Å². The quantitative estimate of drug-likeness (QED) is 0.483. The lowest BCUT2D eigenvalue weighted by Gasteiger charge is -2.38. The van der Waals surface area contributed by atoms with Crippen LogP contribution in [-0.4, -0.2) is 89.9 Å². The summed E-state index contributed by atoms with van der Waals surface area (Å²) >= 11 is 0. The maximum Gasteiger partial charge on any atom is 0.410 e. The second-order valence-electron chi connectivity index (χ2n) is 11.8. The van der Waals surface area contributed by atoms with Crippen molar-refractivity contribution in [3.05, 3.63) is 59.2 Å². The van der Waals surface area contributed by atoms with Gasteiger partial charge in [-0.2, -0.15) is 0 Å². The highest BCUT2D eigenvalue weighted by Gasteiger charge is 2.31. The molecule has 10 heteroatoms. The molecule has 1 N–H and O–H groups in total. The Morgan fingerprint density at radius 1 is 1.05 bits per heavy atom. The first kappa shape index (κ1) is 29.7. The number of amides is 3. The van der Waals surface area contributed by atoms with E-state index in [0.717, 1.165) is 54.8 Å². The molecule has 42 heavy (non-hydrogen) atoms. The van der Waals surface area contributed by atoms with Crippen molar-refractivity contribution in [3.8, 4) is 5.75 Å². The molecule has 10 nitrogen and oxygen atoms in total. The highest BCUT2D eigenvalue weighted by atomic mass is 16.6. The molecule has 2 heterocycles. The van der Waals surface area contributed by atoms with Crippen molar-refractivity contribution in [2.45, 2.75) is 64.8 Å². The first-order chi connectivity index (χ1) is 20.2. The molecule has 1 atom stereocenters. The Kier molecular flexibility index (Phi) is 9.21. The SMILES string of the molecule is Cc1cc(N(C)C(=O)[C@H]2CC[C@H](Oc3cccc(CN4CCOC4=O)c3)CC2)ccc1CN1CCN(C(=O)O)[C@@H](C)C1. The van der Waals surface area contributed by atoms with Crippen LogP contribution < -0.4 is 9.64 Å². The summed E-state index contributed by atoms with van der Waals surface area (Å²) in [6, 6.07) is 14.0. The van der Waals surface area contributed by atoms with Gasteiger partial charge in [0.1, 0.15) is 12.4 Å². The third kappa shape index (κ3) is 6.98. The summed E-state index contributed by atoms with van der Waals surface area (Å²) in [7, 11) is 1.85. The third-order valence-electron chi connectivity index (χ3n) is 8.84. The van der Waals surface area contributed by atoms with Gasteiger partial charge >= 0.3 is 12.2 Å². The van der Waals surface area contributed by atoms with Gasteiger partial charge in [-0.05, 0) is 80.5 Å². The fourth-order valence-corrected chi connectivity index (χ4v) is 6.30. The van der Waals surface area contributed by atoms with Crippen LogP contribution in [0.5, 0.6) is 5.75 Å². The zero-order valence-corrected chi connectivity index (χ0v) is 24.8. The van der Waals surface area contributed by atoms with Gasteiger partial charge in [0.15, 0.2) is 0 Å². The summed E-state index contributed by atoms with van der Waals surface area (Å²) in [4.78, 5) is 43.8.